The molecule has 0 N–H and O–H groups in total. The number of benzene rings is 2. The van der Waals surface area contributed by atoms with E-state index in [9.17, 15) is 4.79 Å². The highest BCUT2D eigenvalue weighted by atomic mass is 16.2. The number of likely N-dealkylation sites (N-methyl/N-ethyl adjacent to an activating group) is 2. The number of rotatable bonds is 1. The molecule has 1 aliphatic heterocycles. The average Bonchev–Trinajstić information content (AvgIpc) is 2.66. The van der Waals surface area contributed by atoms with Gasteiger partial charge in [-0.05, 0) is 16.3 Å². The summed E-state index contributed by atoms with van der Waals surface area (Å²) in [5.41, 5.74) is 1.23. The molecule has 2 aromatic rings. The van der Waals surface area contributed by atoms with Gasteiger partial charge in [0.1, 0.15) is 0 Å². The van der Waals surface area contributed by atoms with Crippen molar-refractivity contribution in [2.24, 2.45) is 0 Å². The summed E-state index contributed by atoms with van der Waals surface area (Å²) in [5.74, 6) is 0. The van der Waals surface area contributed by atoms with Gasteiger partial charge in [0.25, 0.3) is 0 Å². The van der Waals surface area contributed by atoms with Crippen LogP contribution in [0.5, 0.6) is 0 Å². The van der Waals surface area contributed by atoms with Crippen LogP contribution in [0.15, 0.2) is 42.5 Å². The molecule has 1 aliphatic rings. The molecule has 1 atom stereocenters. The lowest BCUT2D eigenvalue weighted by Crippen LogP contribution is -2.26. The van der Waals surface area contributed by atoms with Gasteiger partial charge in [0.05, 0.1) is 6.04 Å². The van der Waals surface area contributed by atoms with Crippen molar-refractivity contribution in [3.05, 3.63) is 48.0 Å². The molecule has 18 heavy (non-hydrogen) atoms. The number of urea groups is 1. The van der Waals surface area contributed by atoms with Gasteiger partial charge in [-0.3, -0.25) is 0 Å². The topological polar surface area (TPSA) is 23.6 Å². The molecule has 3 nitrogen and oxygen atoms in total. The van der Waals surface area contributed by atoms with Crippen molar-refractivity contribution in [2.75, 3.05) is 20.6 Å². The molecule has 0 aromatic heterocycles. The molecule has 1 saturated heterocycles. The molecule has 1 unspecified atom stereocenters. The highest BCUT2D eigenvalue weighted by Gasteiger charge is 2.33. The molecule has 0 radical (unpaired) electrons. The van der Waals surface area contributed by atoms with E-state index in [1.807, 2.05) is 31.1 Å². The van der Waals surface area contributed by atoms with E-state index in [1.54, 1.807) is 4.90 Å². The van der Waals surface area contributed by atoms with E-state index in [0.717, 1.165) is 6.54 Å². The maximum atomic E-state index is 11.9. The van der Waals surface area contributed by atoms with Crippen LogP contribution < -0.4 is 0 Å². The summed E-state index contributed by atoms with van der Waals surface area (Å²) >= 11 is 0. The van der Waals surface area contributed by atoms with Crippen LogP contribution in [0.4, 0.5) is 4.79 Å². The molecular formula is C15H16N2O. The van der Waals surface area contributed by atoms with Crippen molar-refractivity contribution in [3.8, 4) is 0 Å². The second-order valence-corrected chi connectivity index (χ2v) is 4.86. The number of hydrogen-bond acceptors (Lipinski definition) is 1. The fourth-order valence-corrected chi connectivity index (χ4v) is 2.71. The third-order valence-electron chi connectivity index (χ3n) is 3.72. The van der Waals surface area contributed by atoms with Crippen molar-refractivity contribution in [1.82, 2.24) is 9.80 Å². The van der Waals surface area contributed by atoms with Crippen LogP contribution in [0.2, 0.25) is 0 Å². The first-order valence-corrected chi connectivity index (χ1v) is 6.14. The predicted octanol–water partition coefficient (Wildman–Crippen LogP) is 2.88. The van der Waals surface area contributed by atoms with Crippen molar-refractivity contribution in [1.29, 1.82) is 0 Å². The van der Waals surface area contributed by atoms with Gasteiger partial charge in [0.2, 0.25) is 0 Å². The maximum Gasteiger partial charge on any atom is 0.320 e. The van der Waals surface area contributed by atoms with E-state index < -0.39 is 0 Å². The largest absolute Gasteiger partial charge is 0.325 e. The van der Waals surface area contributed by atoms with Gasteiger partial charge in [-0.25, -0.2) is 4.79 Å². The number of fused-ring (bicyclic) bond motifs is 1. The second-order valence-electron chi connectivity index (χ2n) is 4.86. The van der Waals surface area contributed by atoms with Crippen LogP contribution in [-0.4, -0.2) is 36.5 Å². The lowest BCUT2D eigenvalue weighted by Gasteiger charge is -2.19. The maximum absolute atomic E-state index is 11.9. The number of carbonyl (C=O) groups is 1. The molecule has 0 aliphatic carbocycles. The molecule has 0 spiro atoms. The van der Waals surface area contributed by atoms with E-state index in [2.05, 4.69) is 30.3 Å². The second kappa shape index (κ2) is 4.02. The molecule has 0 saturated carbocycles. The molecule has 2 amide bonds. The Morgan fingerprint density at radius 3 is 2.50 bits per heavy atom. The number of nitrogens with zero attached hydrogens (tertiary/aromatic N) is 2. The normalized spacial score (nSPS) is 19.9. The van der Waals surface area contributed by atoms with Crippen LogP contribution >= 0.6 is 0 Å². The van der Waals surface area contributed by atoms with Gasteiger partial charge in [0.15, 0.2) is 0 Å². The van der Waals surface area contributed by atoms with Gasteiger partial charge >= 0.3 is 6.03 Å². The molecule has 0 bridgehead atoms. The number of hydrogen-bond donors (Lipinski definition) is 0. The SMILES string of the molecule is CN1CC(c2cccc3ccccc23)N(C)C1=O. The molecule has 3 heteroatoms. The van der Waals surface area contributed by atoms with Crippen LogP contribution in [0.25, 0.3) is 10.8 Å². The molecule has 92 valence electrons. The lowest BCUT2D eigenvalue weighted by molar-refractivity contribution is 0.201. The molecule has 1 heterocycles. The molecule has 2 aromatic carbocycles. The summed E-state index contributed by atoms with van der Waals surface area (Å²) in [7, 11) is 3.72. The predicted molar refractivity (Wildman–Crippen MR) is 72.5 cm³/mol. The molecular weight excluding hydrogens is 224 g/mol. The summed E-state index contributed by atoms with van der Waals surface area (Å²) in [6.07, 6.45) is 0. The van der Waals surface area contributed by atoms with Crippen LogP contribution in [0.1, 0.15) is 11.6 Å². The van der Waals surface area contributed by atoms with Gasteiger partial charge in [-0.1, -0.05) is 42.5 Å². The van der Waals surface area contributed by atoms with Gasteiger partial charge in [0, 0.05) is 20.6 Å². The Balaban J connectivity index is 2.13. The minimum atomic E-state index is 0.0907. The standard InChI is InChI=1S/C15H16N2O/c1-16-10-14(17(2)15(16)18)13-9-5-7-11-6-3-4-8-12(11)13/h3-9,14H,10H2,1-2H3. The third-order valence-corrected chi connectivity index (χ3v) is 3.72. The molecule has 3 rings (SSSR count). The Morgan fingerprint density at radius 2 is 1.78 bits per heavy atom. The first-order chi connectivity index (χ1) is 8.68. The average molecular weight is 240 g/mol. The Bertz CT molecular complexity index is 603. The highest BCUT2D eigenvalue weighted by Crippen LogP contribution is 2.32. The lowest BCUT2D eigenvalue weighted by atomic mass is 9.98. The van der Waals surface area contributed by atoms with E-state index >= 15 is 0 Å². The first-order valence-electron chi connectivity index (χ1n) is 6.14. The van der Waals surface area contributed by atoms with Crippen molar-refractivity contribution >= 4 is 16.8 Å². The van der Waals surface area contributed by atoms with E-state index in [0.29, 0.717) is 0 Å². The molecule has 1 fully saturated rings. The first kappa shape index (κ1) is 11.1. The number of carbonyl (C=O) groups excluding carboxylic acids is 1. The van der Waals surface area contributed by atoms with Crippen LogP contribution in [0, 0.1) is 0 Å². The quantitative estimate of drug-likeness (QED) is 0.751. The minimum absolute atomic E-state index is 0.0907. The summed E-state index contributed by atoms with van der Waals surface area (Å²) in [4.78, 5) is 15.5. The van der Waals surface area contributed by atoms with Crippen molar-refractivity contribution < 1.29 is 4.79 Å². The van der Waals surface area contributed by atoms with E-state index in [1.165, 1.54) is 16.3 Å². The van der Waals surface area contributed by atoms with Crippen molar-refractivity contribution in [3.63, 3.8) is 0 Å². The van der Waals surface area contributed by atoms with Gasteiger partial charge in [-0.2, -0.15) is 0 Å². The Morgan fingerprint density at radius 1 is 1.06 bits per heavy atom. The van der Waals surface area contributed by atoms with Crippen molar-refractivity contribution in [2.45, 2.75) is 6.04 Å². The minimum Gasteiger partial charge on any atom is -0.325 e. The summed E-state index contributed by atoms with van der Waals surface area (Å²) in [6, 6.07) is 14.9. The Kier molecular flexibility index (Phi) is 2.47. The van der Waals surface area contributed by atoms with Gasteiger partial charge in [-0.15, -0.1) is 0 Å². The monoisotopic (exact) mass is 240 g/mol. The number of amides is 2. The summed E-state index contributed by atoms with van der Waals surface area (Å²) in [6.45, 7) is 0.753. The van der Waals surface area contributed by atoms with E-state index in [4.69, 9.17) is 0 Å². The Hall–Kier alpha value is -2.03. The zero-order valence-corrected chi connectivity index (χ0v) is 10.6. The summed E-state index contributed by atoms with van der Waals surface area (Å²) < 4.78 is 0. The van der Waals surface area contributed by atoms with E-state index in [-0.39, 0.29) is 12.1 Å². The fourth-order valence-electron chi connectivity index (χ4n) is 2.71. The Labute approximate surface area is 107 Å². The summed E-state index contributed by atoms with van der Waals surface area (Å²) in [5, 5.41) is 2.46. The zero-order chi connectivity index (χ0) is 12.7. The van der Waals surface area contributed by atoms with Gasteiger partial charge < -0.3 is 9.80 Å². The van der Waals surface area contributed by atoms with Crippen LogP contribution in [0.3, 0.4) is 0 Å². The zero-order valence-electron chi connectivity index (χ0n) is 10.6. The smallest absolute Gasteiger partial charge is 0.320 e. The third kappa shape index (κ3) is 1.55. The highest BCUT2D eigenvalue weighted by molar-refractivity contribution is 5.87. The fraction of sp³-hybridized carbons (Fsp3) is 0.267. The van der Waals surface area contributed by atoms with Crippen LogP contribution in [-0.2, 0) is 0 Å².